The van der Waals surface area contributed by atoms with Gasteiger partial charge in [0, 0.05) is 31.0 Å². The van der Waals surface area contributed by atoms with Crippen LogP contribution in [-0.2, 0) is 0 Å². The van der Waals surface area contributed by atoms with Gasteiger partial charge in [-0.25, -0.2) is 4.98 Å². The van der Waals surface area contributed by atoms with Crippen molar-refractivity contribution in [2.45, 2.75) is 19.4 Å². The molecule has 1 aromatic rings. The van der Waals surface area contributed by atoms with Gasteiger partial charge in [0.05, 0.1) is 6.10 Å². The predicted molar refractivity (Wildman–Crippen MR) is 60.7 cm³/mol. The Bertz CT molecular complexity index is 342. The third kappa shape index (κ3) is 2.21. The standard InChI is InChI=1S/C11H17N3O/c1-8-7-14(5-3-10(8)15)9-2-4-13-11(12)6-9/h2,4,6,8,10,15H,3,5,7H2,1H3,(H2,12,13). The molecule has 0 amide bonds. The van der Waals surface area contributed by atoms with Gasteiger partial charge >= 0.3 is 0 Å². The van der Waals surface area contributed by atoms with Gasteiger partial charge in [0.25, 0.3) is 0 Å². The van der Waals surface area contributed by atoms with Crippen LogP contribution in [0.5, 0.6) is 0 Å². The normalized spacial score (nSPS) is 26.7. The molecule has 0 saturated carbocycles. The fraction of sp³-hybridized carbons (Fsp3) is 0.545. The Morgan fingerprint density at radius 3 is 3.07 bits per heavy atom. The second-order valence-corrected chi connectivity index (χ2v) is 4.22. The van der Waals surface area contributed by atoms with Crippen molar-refractivity contribution in [1.29, 1.82) is 0 Å². The average molecular weight is 207 g/mol. The summed E-state index contributed by atoms with van der Waals surface area (Å²) in [6.45, 7) is 3.83. The Kier molecular flexibility index (Phi) is 2.77. The lowest BCUT2D eigenvalue weighted by Gasteiger charge is -2.35. The molecule has 2 rings (SSSR count). The molecule has 2 unspecified atom stereocenters. The van der Waals surface area contributed by atoms with E-state index in [1.54, 1.807) is 6.20 Å². The van der Waals surface area contributed by atoms with Crippen LogP contribution in [0.25, 0.3) is 0 Å². The summed E-state index contributed by atoms with van der Waals surface area (Å²) >= 11 is 0. The zero-order valence-corrected chi connectivity index (χ0v) is 8.93. The number of anilines is 2. The van der Waals surface area contributed by atoms with Crippen molar-refractivity contribution in [2.24, 2.45) is 5.92 Å². The molecule has 1 aliphatic heterocycles. The van der Waals surface area contributed by atoms with Gasteiger partial charge < -0.3 is 15.7 Å². The maximum atomic E-state index is 9.63. The number of nitrogen functional groups attached to an aromatic ring is 1. The zero-order valence-electron chi connectivity index (χ0n) is 8.93. The average Bonchev–Trinajstić information content (AvgIpc) is 2.22. The van der Waals surface area contributed by atoms with Gasteiger partial charge in [0.15, 0.2) is 0 Å². The van der Waals surface area contributed by atoms with Crippen molar-refractivity contribution in [1.82, 2.24) is 4.98 Å². The van der Waals surface area contributed by atoms with E-state index < -0.39 is 0 Å². The minimum absolute atomic E-state index is 0.166. The molecule has 4 heteroatoms. The van der Waals surface area contributed by atoms with Crippen LogP contribution < -0.4 is 10.6 Å². The highest BCUT2D eigenvalue weighted by molar-refractivity contribution is 5.52. The molecular formula is C11H17N3O. The summed E-state index contributed by atoms with van der Waals surface area (Å²) in [7, 11) is 0. The molecule has 15 heavy (non-hydrogen) atoms. The van der Waals surface area contributed by atoms with Gasteiger partial charge in [-0.05, 0) is 18.4 Å². The van der Waals surface area contributed by atoms with E-state index in [0.717, 1.165) is 25.2 Å². The fourth-order valence-electron chi connectivity index (χ4n) is 2.00. The highest BCUT2D eigenvalue weighted by Crippen LogP contribution is 2.23. The SMILES string of the molecule is CC1CN(c2ccnc(N)c2)CCC1O. The van der Waals surface area contributed by atoms with E-state index in [1.165, 1.54) is 0 Å². The fourth-order valence-corrected chi connectivity index (χ4v) is 2.00. The van der Waals surface area contributed by atoms with Crippen LogP contribution in [0, 0.1) is 5.92 Å². The van der Waals surface area contributed by atoms with Gasteiger partial charge in [0.1, 0.15) is 5.82 Å². The second kappa shape index (κ2) is 4.06. The topological polar surface area (TPSA) is 62.4 Å². The molecule has 0 bridgehead atoms. The van der Waals surface area contributed by atoms with Crippen LogP contribution in [-0.4, -0.2) is 29.3 Å². The Morgan fingerprint density at radius 1 is 1.60 bits per heavy atom. The van der Waals surface area contributed by atoms with Gasteiger partial charge in [-0.2, -0.15) is 0 Å². The number of aliphatic hydroxyl groups is 1. The van der Waals surface area contributed by atoms with Crippen LogP contribution in [0.15, 0.2) is 18.3 Å². The molecule has 0 spiro atoms. The lowest BCUT2D eigenvalue weighted by Crippen LogP contribution is -2.41. The molecule has 0 aliphatic carbocycles. The highest BCUT2D eigenvalue weighted by atomic mass is 16.3. The minimum atomic E-state index is -0.166. The number of nitrogens with two attached hydrogens (primary N) is 1. The lowest BCUT2D eigenvalue weighted by atomic mass is 9.96. The van der Waals surface area contributed by atoms with E-state index in [9.17, 15) is 5.11 Å². The molecule has 0 radical (unpaired) electrons. The van der Waals surface area contributed by atoms with Crippen molar-refractivity contribution in [3.63, 3.8) is 0 Å². The molecule has 2 atom stereocenters. The van der Waals surface area contributed by atoms with E-state index in [1.807, 2.05) is 12.1 Å². The molecule has 1 saturated heterocycles. The highest BCUT2D eigenvalue weighted by Gasteiger charge is 2.24. The number of hydrogen-bond donors (Lipinski definition) is 2. The monoisotopic (exact) mass is 207 g/mol. The van der Waals surface area contributed by atoms with Crippen LogP contribution in [0.3, 0.4) is 0 Å². The molecule has 4 nitrogen and oxygen atoms in total. The molecule has 82 valence electrons. The quantitative estimate of drug-likeness (QED) is 0.717. The number of aromatic nitrogens is 1. The van der Waals surface area contributed by atoms with Gasteiger partial charge in [-0.3, -0.25) is 0 Å². The van der Waals surface area contributed by atoms with Gasteiger partial charge in [-0.15, -0.1) is 0 Å². The molecule has 1 fully saturated rings. The molecule has 1 aromatic heterocycles. The van der Waals surface area contributed by atoms with Crippen molar-refractivity contribution in [2.75, 3.05) is 23.7 Å². The zero-order chi connectivity index (χ0) is 10.8. The van der Waals surface area contributed by atoms with Crippen LogP contribution in [0.4, 0.5) is 11.5 Å². The summed E-state index contributed by atoms with van der Waals surface area (Å²) in [5, 5.41) is 9.63. The molecular weight excluding hydrogens is 190 g/mol. The van der Waals surface area contributed by atoms with Crippen molar-refractivity contribution >= 4 is 11.5 Å². The first-order chi connectivity index (χ1) is 7.16. The smallest absolute Gasteiger partial charge is 0.125 e. The number of pyridine rings is 1. The minimum Gasteiger partial charge on any atom is -0.393 e. The van der Waals surface area contributed by atoms with Crippen molar-refractivity contribution < 1.29 is 5.11 Å². The number of hydrogen-bond acceptors (Lipinski definition) is 4. The van der Waals surface area contributed by atoms with Crippen molar-refractivity contribution in [3.05, 3.63) is 18.3 Å². The van der Waals surface area contributed by atoms with Crippen LogP contribution >= 0.6 is 0 Å². The summed E-state index contributed by atoms with van der Waals surface area (Å²) in [6, 6.07) is 3.84. The second-order valence-electron chi connectivity index (χ2n) is 4.22. The van der Waals surface area contributed by atoms with Gasteiger partial charge in [0.2, 0.25) is 0 Å². The number of nitrogens with zero attached hydrogens (tertiary/aromatic N) is 2. The summed E-state index contributed by atoms with van der Waals surface area (Å²) in [5.41, 5.74) is 6.74. The summed E-state index contributed by atoms with van der Waals surface area (Å²) < 4.78 is 0. The first-order valence-corrected chi connectivity index (χ1v) is 5.31. The largest absolute Gasteiger partial charge is 0.393 e. The summed E-state index contributed by atoms with van der Waals surface area (Å²) in [5.74, 6) is 0.861. The molecule has 0 aromatic carbocycles. The Morgan fingerprint density at radius 2 is 2.40 bits per heavy atom. The number of rotatable bonds is 1. The third-order valence-electron chi connectivity index (χ3n) is 2.99. The van der Waals surface area contributed by atoms with Crippen LogP contribution in [0.1, 0.15) is 13.3 Å². The summed E-state index contributed by atoms with van der Waals surface area (Å²) in [6.07, 6.45) is 2.38. The first kappa shape index (κ1) is 10.2. The molecule has 1 aliphatic rings. The van der Waals surface area contributed by atoms with E-state index in [0.29, 0.717) is 11.7 Å². The molecule has 2 heterocycles. The van der Waals surface area contributed by atoms with Crippen LogP contribution in [0.2, 0.25) is 0 Å². The Hall–Kier alpha value is -1.29. The predicted octanol–water partition coefficient (Wildman–Crippen LogP) is 0.871. The third-order valence-corrected chi connectivity index (χ3v) is 2.99. The Labute approximate surface area is 89.7 Å². The van der Waals surface area contributed by atoms with Crippen molar-refractivity contribution in [3.8, 4) is 0 Å². The maximum absolute atomic E-state index is 9.63. The van der Waals surface area contributed by atoms with E-state index in [4.69, 9.17) is 5.73 Å². The lowest BCUT2D eigenvalue weighted by molar-refractivity contribution is 0.0971. The van der Waals surface area contributed by atoms with E-state index in [-0.39, 0.29) is 6.10 Å². The number of aliphatic hydroxyl groups excluding tert-OH is 1. The van der Waals surface area contributed by atoms with E-state index in [2.05, 4.69) is 16.8 Å². The molecule has 3 N–H and O–H groups in total. The van der Waals surface area contributed by atoms with E-state index >= 15 is 0 Å². The first-order valence-electron chi connectivity index (χ1n) is 5.31. The Balaban J connectivity index is 2.12. The maximum Gasteiger partial charge on any atom is 0.125 e. The van der Waals surface area contributed by atoms with Gasteiger partial charge in [-0.1, -0.05) is 6.92 Å². The number of piperidine rings is 1. The summed E-state index contributed by atoms with van der Waals surface area (Å²) in [4.78, 5) is 6.22.